The van der Waals surface area contributed by atoms with Gasteiger partial charge in [-0.25, -0.2) is 0 Å². The van der Waals surface area contributed by atoms with Crippen LogP contribution in [0.25, 0.3) is 6.08 Å². The van der Waals surface area contributed by atoms with Gasteiger partial charge in [-0.15, -0.1) is 10.2 Å². The van der Waals surface area contributed by atoms with E-state index in [1.165, 1.54) is 42.7 Å². The molecule has 128 valence electrons. The topological polar surface area (TPSA) is 73.3 Å². The maximum atomic E-state index is 12.5. The summed E-state index contributed by atoms with van der Waals surface area (Å²) in [5, 5.41) is 11.4. The van der Waals surface area contributed by atoms with Crippen LogP contribution in [0.3, 0.4) is 0 Å². The molecule has 6 nitrogen and oxygen atoms in total. The first-order valence-electron chi connectivity index (χ1n) is 6.96. The first-order valence-corrected chi connectivity index (χ1v) is 7.78. The molecule has 0 bridgehead atoms. The number of halogens is 2. The van der Waals surface area contributed by atoms with Crippen molar-refractivity contribution in [3.05, 3.63) is 34.8 Å². The van der Waals surface area contributed by atoms with E-state index in [2.05, 4.69) is 20.3 Å². The molecular weight excluding hydrogens is 340 g/mol. The molecule has 1 aromatic carbocycles. The Morgan fingerprint density at radius 1 is 1.42 bits per heavy atom. The molecule has 0 aliphatic carbocycles. The Morgan fingerprint density at radius 2 is 2.21 bits per heavy atom. The Hall–Kier alpha value is -2.55. The number of anilines is 1. The quantitative estimate of drug-likeness (QED) is 0.771. The number of carbonyl (C=O) groups is 1. The highest BCUT2D eigenvalue weighted by Crippen LogP contribution is 2.33. The molecule has 0 saturated heterocycles. The number of rotatable bonds is 7. The Kier molecular flexibility index (Phi) is 6.19. The highest BCUT2D eigenvalue weighted by molar-refractivity contribution is 7.15. The van der Waals surface area contributed by atoms with Crippen LogP contribution >= 0.6 is 11.3 Å². The Labute approximate surface area is 141 Å². The van der Waals surface area contributed by atoms with Gasteiger partial charge < -0.3 is 9.47 Å². The molecular formula is C15H15F2N3O3S. The summed E-state index contributed by atoms with van der Waals surface area (Å²) < 4.78 is 34.6. The first kappa shape index (κ1) is 17.8. The van der Waals surface area contributed by atoms with Crippen LogP contribution in [0.15, 0.2) is 24.3 Å². The van der Waals surface area contributed by atoms with Crippen molar-refractivity contribution < 1.29 is 23.0 Å². The number of amides is 1. The van der Waals surface area contributed by atoms with E-state index in [-0.39, 0.29) is 17.1 Å². The van der Waals surface area contributed by atoms with Gasteiger partial charge in [0.25, 0.3) is 0 Å². The van der Waals surface area contributed by atoms with Crippen LogP contribution in [0.5, 0.6) is 11.5 Å². The minimum absolute atomic E-state index is 0.136. The lowest BCUT2D eigenvalue weighted by molar-refractivity contribution is -0.111. The van der Waals surface area contributed by atoms with Gasteiger partial charge in [0.2, 0.25) is 11.0 Å². The van der Waals surface area contributed by atoms with Crippen molar-refractivity contribution in [3.63, 3.8) is 0 Å². The molecule has 0 aliphatic heterocycles. The highest BCUT2D eigenvalue weighted by Gasteiger charge is 2.14. The Bertz CT molecular complexity index is 735. The third-order valence-electron chi connectivity index (χ3n) is 2.85. The zero-order chi connectivity index (χ0) is 17.5. The predicted octanol–water partition coefficient (Wildman–Crippen LogP) is 3.36. The molecule has 0 aliphatic rings. The van der Waals surface area contributed by atoms with E-state index in [1.54, 1.807) is 6.07 Å². The summed E-state index contributed by atoms with van der Waals surface area (Å²) in [7, 11) is 1.34. The van der Waals surface area contributed by atoms with Gasteiger partial charge in [-0.1, -0.05) is 30.4 Å². The molecule has 9 heteroatoms. The number of nitrogens with zero attached hydrogens (tertiary/aromatic N) is 2. The van der Waals surface area contributed by atoms with Crippen molar-refractivity contribution in [3.8, 4) is 11.5 Å². The average molecular weight is 355 g/mol. The number of para-hydroxylation sites is 1. The SMILES string of the molecule is CCc1nnc(NC(=O)C=Cc2cccc(OC)c2OC(F)F)s1. The molecule has 2 aromatic rings. The van der Waals surface area contributed by atoms with Crippen LogP contribution in [-0.4, -0.2) is 29.8 Å². The minimum atomic E-state index is -3.00. The molecule has 2 rings (SSSR count). The lowest BCUT2D eigenvalue weighted by Gasteiger charge is -2.12. The fraction of sp³-hybridized carbons (Fsp3) is 0.267. The van der Waals surface area contributed by atoms with Crippen molar-refractivity contribution >= 4 is 28.5 Å². The van der Waals surface area contributed by atoms with E-state index >= 15 is 0 Å². The van der Waals surface area contributed by atoms with Crippen LogP contribution in [0.1, 0.15) is 17.5 Å². The number of nitrogens with one attached hydrogen (secondary N) is 1. The summed E-state index contributed by atoms with van der Waals surface area (Å²) in [6.45, 7) is -1.07. The second-order valence-electron chi connectivity index (χ2n) is 4.43. The van der Waals surface area contributed by atoms with Crippen LogP contribution in [0, 0.1) is 0 Å². The molecule has 0 spiro atoms. The predicted molar refractivity (Wildman–Crippen MR) is 86.6 cm³/mol. The molecule has 0 atom stereocenters. The Morgan fingerprint density at radius 3 is 2.83 bits per heavy atom. The zero-order valence-corrected chi connectivity index (χ0v) is 13.8. The molecule has 0 saturated carbocycles. The summed E-state index contributed by atoms with van der Waals surface area (Å²) in [4.78, 5) is 11.9. The number of benzene rings is 1. The number of hydrogen-bond acceptors (Lipinski definition) is 6. The maximum absolute atomic E-state index is 12.5. The number of hydrogen-bond donors (Lipinski definition) is 1. The summed E-state index contributed by atoms with van der Waals surface area (Å²) in [6, 6.07) is 4.62. The second-order valence-corrected chi connectivity index (χ2v) is 5.50. The van der Waals surface area contributed by atoms with Gasteiger partial charge in [-0.3, -0.25) is 10.1 Å². The van der Waals surface area contributed by atoms with Gasteiger partial charge in [-0.05, 0) is 18.6 Å². The molecule has 0 unspecified atom stereocenters. The minimum Gasteiger partial charge on any atom is -0.493 e. The van der Waals surface area contributed by atoms with Crippen LogP contribution < -0.4 is 14.8 Å². The van der Waals surface area contributed by atoms with Crippen molar-refractivity contribution in [2.45, 2.75) is 20.0 Å². The lowest BCUT2D eigenvalue weighted by Crippen LogP contribution is -2.08. The number of carbonyl (C=O) groups excluding carboxylic acids is 1. The fourth-order valence-electron chi connectivity index (χ4n) is 1.80. The Balaban J connectivity index is 2.13. The monoisotopic (exact) mass is 355 g/mol. The summed E-state index contributed by atoms with van der Waals surface area (Å²) in [6.07, 6.45) is 3.28. The second kappa shape index (κ2) is 8.34. The van der Waals surface area contributed by atoms with Gasteiger partial charge in [-0.2, -0.15) is 8.78 Å². The zero-order valence-electron chi connectivity index (χ0n) is 13.0. The average Bonchev–Trinajstić information content (AvgIpc) is 3.00. The number of methoxy groups -OCH3 is 1. The summed E-state index contributed by atoms with van der Waals surface area (Å²) in [5.41, 5.74) is 0.288. The van der Waals surface area contributed by atoms with Gasteiger partial charge in [0.15, 0.2) is 11.5 Å². The van der Waals surface area contributed by atoms with Gasteiger partial charge in [0.05, 0.1) is 7.11 Å². The first-order chi connectivity index (χ1) is 11.5. The largest absolute Gasteiger partial charge is 0.493 e. The molecule has 24 heavy (non-hydrogen) atoms. The van der Waals surface area contributed by atoms with Crippen molar-refractivity contribution in [2.24, 2.45) is 0 Å². The number of aromatic nitrogens is 2. The third kappa shape index (κ3) is 4.72. The molecule has 1 N–H and O–H groups in total. The summed E-state index contributed by atoms with van der Waals surface area (Å²) >= 11 is 1.27. The van der Waals surface area contributed by atoms with E-state index in [1.807, 2.05) is 6.92 Å². The lowest BCUT2D eigenvalue weighted by atomic mass is 10.1. The number of alkyl halides is 2. The van der Waals surface area contributed by atoms with E-state index in [0.29, 0.717) is 5.13 Å². The maximum Gasteiger partial charge on any atom is 0.387 e. The molecule has 1 amide bonds. The van der Waals surface area contributed by atoms with Gasteiger partial charge >= 0.3 is 6.61 Å². The van der Waals surface area contributed by atoms with Crippen molar-refractivity contribution in [1.29, 1.82) is 0 Å². The van der Waals surface area contributed by atoms with Crippen LogP contribution in [0.2, 0.25) is 0 Å². The summed E-state index contributed by atoms with van der Waals surface area (Å²) in [5.74, 6) is -0.447. The molecule has 0 radical (unpaired) electrons. The number of ether oxygens (including phenoxy) is 2. The number of aryl methyl sites for hydroxylation is 1. The van der Waals surface area contributed by atoms with Gasteiger partial charge in [0.1, 0.15) is 5.01 Å². The fourth-order valence-corrected chi connectivity index (χ4v) is 2.48. The molecule has 0 fully saturated rings. The third-order valence-corrected chi connectivity index (χ3v) is 3.83. The normalized spacial score (nSPS) is 11.0. The van der Waals surface area contributed by atoms with E-state index in [9.17, 15) is 13.6 Å². The highest BCUT2D eigenvalue weighted by atomic mass is 32.1. The van der Waals surface area contributed by atoms with Crippen molar-refractivity contribution in [1.82, 2.24) is 10.2 Å². The van der Waals surface area contributed by atoms with E-state index in [0.717, 1.165) is 11.4 Å². The molecule has 1 aromatic heterocycles. The smallest absolute Gasteiger partial charge is 0.387 e. The van der Waals surface area contributed by atoms with Gasteiger partial charge in [0, 0.05) is 11.6 Å². The van der Waals surface area contributed by atoms with Crippen molar-refractivity contribution in [2.75, 3.05) is 12.4 Å². The standard InChI is InChI=1S/C15H15F2N3O3S/c1-3-12-19-20-15(24-12)18-11(21)8-7-9-5-4-6-10(22-2)13(9)23-14(16)17/h4-8,14H,3H2,1-2H3,(H,18,20,21). The molecule has 1 heterocycles. The van der Waals surface area contributed by atoms with E-state index in [4.69, 9.17) is 4.74 Å². The van der Waals surface area contributed by atoms with Crippen LogP contribution in [-0.2, 0) is 11.2 Å². The van der Waals surface area contributed by atoms with E-state index < -0.39 is 12.5 Å². The van der Waals surface area contributed by atoms with Crippen LogP contribution in [0.4, 0.5) is 13.9 Å².